The highest BCUT2D eigenvalue weighted by atomic mass is 32.2. The number of rotatable bonds is 6. The second-order valence-corrected chi connectivity index (χ2v) is 17.1. The van der Waals surface area contributed by atoms with Gasteiger partial charge in [-0.1, -0.05) is 38.5 Å². The van der Waals surface area contributed by atoms with Gasteiger partial charge in [0.2, 0.25) is 5.79 Å². The molecule has 1 aliphatic rings. The summed E-state index contributed by atoms with van der Waals surface area (Å²) in [6, 6.07) is 7.83. The van der Waals surface area contributed by atoms with Crippen LogP contribution in [-0.4, -0.2) is 31.2 Å². The molecule has 2 aromatic rings. The normalized spacial score (nSPS) is 19.6. The van der Waals surface area contributed by atoms with Gasteiger partial charge in [-0.2, -0.15) is 0 Å². The van der Waals surface area contributed by atoms with E-state index in [0.717, 1.165) is 45.1 Å². The first kappa shape index (κ1) is 26.0. The molecule has 2 aromatic carbocycles. The van der Waals surface area contributed by atoms with Crippen molar-refractivity contribution in [3.05, 3.63) is 52.1 Å². The average Bonchev–Trinajstić information content (AvgIpc) is 2.74. The van der Waals surface area contributed by atoms with Crippen LogP contribution in [0.15, 0.2) is 29.2 Å². The second-order valence-electron chi connectivity index (χ2n) is 10.9. The molecular formula is C27H40O4SSi. The number of benzene rings is 2. The molecule has 0 saturated carbocycles. The molecule has 182 valence electrons. The molecule has 0 aromatic heterocycles. The van der Waals surface area contributed by atoms with E-state index in [1.54, 1.807) is 7.11 Å². The Bertz CT molecular complexity index is 1050. The van der Waals surface area contributed by atoms with Crippen molar-refractivity contribution in [1.29, 1.82) is 0 Å². The Morgan fingerprint density at radius 3 is 2.18 bits per heavy atom. The van der Waals surface area contributed by atoms with Gasteiger partial charge in [0.25, 0.3) is 8.32 Å². The lowest BCUT2D eigenvalue weighted by molar-refractivity contribution is -0.157. The van der Waals surface area contributed by atoms with E-state index < -0.39 is 24.9 Å². The molecule has 0 saturated heterocycles. The van der Waals surface area contributed by atoms with Crippen LogP contribution in [0.3, 0.4) is 0 Å². The summed E-state index contributed by atoms with van der Waals surface area (Å²) in [4.78, 5) is 0.800. The quantitative estimate of drug-likeness (QED) is 0.420. The largest absolute Gasteiger partial charge is 0.543 e. The van der Waals surface area contributed by atoms with E-state index >= 15 is 0 Å². The molecule has 6 heteroatoms. The average molecular weight is 489 g/mol. The Labute approximate surface area is 203 Å². The van der Waals surface area contributed by atoms with Crippen molar-refractivity contribution in [2.75, 3.05) is 12.9 Å². The molecule has 0 amide bonds. The van der Waals surface area contributed by atoms with E-state index in [1.165, 1.54) is 5.56 Å². The summed E-state index contributed by atoms with van der Waals surface area (Å²) in [5, 5.41) is 0.122. The zero-order chi connectivity index (χ0) is 24.8. The molecule has 4 nitrogen and oxygen atoms in total. The van der Waals surface area contributed by atoms with E-state index in [9.17, 15) is 4.21 Å². The van der Waals surface area contributed by atoms with Crippen LogP contribution < -0.4 is 9.16 Å². The lowest BCUT2D eigenvalue weighted by Crippen LogP contribution is -2.47. The van der Waals surface area contributed by atoms with Crippen molar-refractivity contribution in [2.24, 2.45) is 0 Å². The summed E-state index contributed by atoms with van der Waals surface area (Å²) in [6.07, 6.45) is 1.45. The Morgan fingerprint density at radius 2 is 1.64 bits per heavy atom. The summed E-state index contributed by atoms with van der Waals surface area (Å²) >= 11 is 0. The maximum absolute atomic E-state index is 13.2. The van der Waals surface area contributed by atoms with E-state index in [2.05, 4.69) is 54.6 Å². The van der Waals surface area contributed by atoms with Gasteiger partial charge in [0.05, 0.1) is 16.6 Å². The monoisotopic (exact) mass is 488 g/mol. The van der Waals surface area contributed by atoms with Gasteiger partial charge in [0.15, 0.2) is 0 Å². The van der Waals surface area contributed by atoms with E-state index in [1.807, 2.05) is 31.2 Å². The molecule has 0 fully saturated rings. The van der Waals surface area contributed by atoms with Crippen molar-refractivity contribution in [3.8, 4) is 11.5 Å². The Balaban J connectivity index is 1.95. The minimum atomic E-state index is -1.98. The van der Waals surface area contributed by atoms with Crippen LogP contribution in [-0.2, 0) is 22.0 Å². The summed E-state index contributed by atoms with van der Waals surface area (Å²) in [6.45, 7) is 19.7. The smallest absolute Gasteiger partial charge is 0.250 e. The molecule has 0 radical (unpaired) electrons. The predicted molar refractivity (Wildman–Crippen MR) is 140 cm³/mol. The van der Waals surface area contributed by atoms with Crippen LogP contribution in [0.2, 0.25) is 18.1 Å². The molecule has 1 heterocycles. The highest BCUT2D eigenvalue weighted by Gasteiger charge is 2.43. The maximum atomic E-state index is 13.2. The summed E-state index contributed by atoms with van der Waals surface area (Å²) in [7, 11) is -1.55. The maximum Gasteiger partial charge on any atom is 0.250 e. The first-order valence-electron chi connectivity index (χ1n) is 11.7. The van der Waals surface area contributed by atoms with Gasteiger partial charge in [-0.15, -0.1) is 0 Å². The molecule has 33 heavy (non-hydrogen) atoms. The lowest BCUT2D eigenvalue weighted by atomic mass is 9.91. The minimum absolute atomic E-state index is 0.122. The number of hydrogen-bond acceptors (Lipinski definition) is 4. The number of methoxy groups -OCH3 is 1. The lowest BCUT2D eigenvalue weighted by Gasteiger charge is -2.41. The standard InChI is InChI=1S/C27H40O4SSi/c1-18-11-13-22(14-12-18)32(28)17-27(29-8)16-15-23-21(4)24(19(2)20(3)25(23)30-27)31-33(9,10)26(5,6)7/h11-14H,15-17H2,1-10H3. The number of fused-ring (bicyclic) bond motifs is 1. The van der Waals surface area contributed by atoms with Gasteiger partial charge in [0, 0.05) is 24.0 Å². The highest BCUT2D eigenvalue weighted by molar-refractivity contribution is 7.85. The number of aryl methyl sites for hydroxylation is 1. The van der Waals surface area contributed by atoms with E-state index in [4.69, 9.17) is 13.9 Å². The third-order valence-electron chi connectivity index (χ3n) is 7.53. The second kappa shape index (κ2) is 9.20. The zero-order valence-corrected chi connectivity index (χ0v) is 23.8. The summed E-state index contributed by atoms with van der Waals surface area (Å²) in [5.74, 6) is 1.26. The predicted octanol–water partition coefficient (Wildman–Crippen LogP) is 6.78. The molecule has 1 aliphatic heterocycles. The van der Waals surface area contributed by atoms with Crippen molar-refractivity contribution in [3.63, 3.8) is 0 Å². The van der Waals surface area contributed by atoms with Crippen LogP contribution in [0.4, 0.5) is 0 Å². The van der Waals surface area contributed by atoms with Crippen molar-refractivity contribution in [1.82, 2.24) is 0 Å². The fraction of sp³-hybridized carbons (Fsp3) is 0.556. The molecule has 2 atom stereocenters. The van der Waals surface area contributed by atoms with Crippen LogP contribution in [0.1, 0.15) is 55.0 Å². The van der Waals surface area contributed by atoms with Gasteiger partial charge >= 0.3 is 0 Å². The van der Waals surface area contributed by atoms with Gasteiger partial charge in [0.1, 0.15) is 11.5 Å². The van der Waals surface area contributed by atoms with Crippen LogP contribution in [0.25, 0.3) is 0 Å². The third kappa shape index (κ3) is 5.08. The molecule has 0 spiro atoms. The van der Waals surface area contributed by atoms with Crippen LogP contribution in [0, 0.1) is 27.7 Å². The van der Waals surface area contributed by atoms with E-state index in [0.29, 0.717) is 12.2 Å². The van der Waals surface area contributed by atoms with Gasteiger partial charge in [-0.25, -0.2) is 0 Å². The summed E-state index contributed by atoms with van der Waals surface area (Å²) in [5.41, 5.74) is 5.68. The van der Waals surface area contributed by atoms with Crippen LogP contribution >= 0.6 is 0 Å². The first-order valence-corrected chi connectivity index (χ1v) is 15.9. The van der Waals surface area contributed by atoms with E-state index in [-0.39, 0.29) is 5.04 Å². The topological polar surface area (TPSA) is 44.8 Å². The van der Waals surface area contributed by atoms with Gasteiger partial charge in [-0.3, -0.25) is 4.21 Å². The van der Waals surface area contributed by atoms with Crippen molar-refractivity contribution < 1.29 is 18.1 Å². The van der Waals surface area contributed by atoms with Crippen molar-refractivity contribution >= 4 is 19.1 Å². The highest BCUT2D eigenvalue weighted by Crippen LogP contribution is 2.46. The minimum Gasteiger partial charge on any atom is -0.543 e. The number of ether oxygens (including phenoxy) is 2. The zero-order valence-electron chi connectivity index (χ0n) is 22.0. The fourth-order valence-corrected chi connectivity index (χ4v) is 6.44. The molecular weight excluding hydrogens is 448 g/mol. The molecule has 0 bridgehead atoms. The molecule has 3 rings (SSSR count). The SMILES string of the molecule is COC1(CS(=O)c2ccc(C)cc2)CCc2c(C)c(O[Si](C)(C)C(C)(C)C)c(C)c(C)c2O1. The molecule has 0 aliphatic carbocycles. The van der Waals surface area contributed by atoms with Gasteiger partial charge < -0.3 is 13.9 Å². The number of hydrogen-bond donors (Lipinski definition) is 0. The fourth-order valence-electron chi connectivity index (χ4n) is 3.99. The Morgan fingerprint density at radius 1 is 1.03 bits per heavy atom. The Hall–Kier alpha value is -1.63. The van der Waals surface area contributed by atoms with Crippen molar-refractivity contribution in [2.45, 2.75) is 90.1 Å². The molecule has 0 N–H and O–H groups in total. The third-order valence-corrected chi connectivity index (χ3v) is 13.4. The summed E-state index contributed by atoms with van der Waals surface area (Å²) < 4.78 is 32.4. The first-order chi connectivity index (χ1) is 15.2. The van der Waals surface area contributed by atoms with Crippen LogP contribution in [0.5, 0.6) is 11.5 Å². The Kier molecular flexibility index (Phi) is 7.24. The molecule has 2 unspecified atom stereocenters. The van der Waals surface area contributed by atoms with Gasteiger partial charge in [-0.05, 0) is 81.1 Å².